The first-order valence-electron chi connectivity index (χ1n) is 7.39. The molecule has 4 heteroatoms. The molecule has 0 spiro atoms. The maximum absolute atomic E-state index is 12.5. The average Bonchev–Trinajstić information content (AvgIpc) is 2.90. The molecule has 23 heavy (non-hydrogen) atoms. The van der Waals surface area contributed by atoms with E-state index in [4.69, 9.17) is 5.11 Å². The second kappa shape index (κ2) is 7.40. The van der Waals surface area contributed by atoms with Crippen LogP contribution in [0.3, 0.4) is 0 Å². The lowest BCUT2D eigenvalue weighted by molar-refractivity contribution is -0.131. The van der Waals surface area contributed by atoms with Crippen molar-refractivity contribution in [2.45, 2.75) is 13.3 Å². The lowest BCUT2D eigenvalue weighted by atomic mass is 10.00. The maximum Gasteiger partial charge on any atom is 0.328 e. The van der Waals surface area contributed by atoms with Gasteiger partial charge in [0.05, 0.1) is 0 Å². The molecule has 0 aliphatic rings. The van der Waals surface area contributed by atoms with Gasteiger partial charge in [0.2, 0.25) is 0 Å². The number of aryl methyl sites for hydroxylation is 1. The number of carbonyl (C=O) groups excluding carboxylic acids is 1. The minimum Gasteiger partial charge on any atom is -0.478 e. The van der Waals surface area contributed by atoms with Crippen molar-refractivity contribution >= 4 is 23.9 Å². The number of benzene rings is 1. The Bertz CT molecular complexity index is 767. The Hall–Kier alpha value is -2.88. The van der Waals surface area contributed by atoms with Gasteiger partial charge in [0.1, 0.15) is 0 Å². The number of Topliss-reactive ketones (excluding diaryl/α,β-unsaturated/α-hetero) is 1. The molecule has 0 fully saturated rings. The number of aliphatic carboxylic acids is 1. The molecule has 1 aromatic carbocycles. The molecule has 0 radical (unpaired) electrons. The van der Waals surface area contributed by atoms with Crippen molar-refractivity contribution in [3.8, 4) is 0 Å². The molecule has 0 amide bonds. The number of carboxylic acids is 1. The van der Waals surface area contributed by atoms with Gasteiger partial charge in [-0.05, 0) is 30.2 Å². The van der Waals surface area contributed by atoms with Crippen LogP contribution >= 0.6 is 0 Å². The van der Waals surface area contributed by atoms with Gasteiger partial charge < -0.3 is 9.67 Å². The summed E-state index contributed by atoms with van der Waals surface area (Å²) in [5, 5.41) is 8.70. The van der Waals surface area contributed by atoms with E-state index in [9.17, 15) is 9.59 Å². The number of aromatic nitrogens is 1. The highest BCUT2D eigenvalue weighted by Crippen LogP contribution is 2.18. The molecule has 0 saturated heterocycles. The highest BCUT2D eigenvalue weighted by Gasteiger charge is 2.11. The zero-order chi connectivity index (χ0) is 16.8. The lowest BCUT2D eigenvalue weighted by Crippen LogP contribution is -2.02. The summed E-state index contributed by atoms with van der Waals surface area (Å²) in [6.45, 7) is 1.95. The van der Waals surface area contributed by atoms with Crippen LogP contribution in [0.25, 0.3) is 12.2 Å². The first-order chi connectivity index (χ1) is 11.0. The van der Waals surface area contributed by atoms with Gasteiger partial charge in [-0.25, -0.2) is 4.79 Å². The fourth-order valence-corrected chi connectivity index (χ4v) is 2.31. The van der Waals surface area contributed by atoms with Gasteiger partial charge in [-0.1, -0.05) is 37.3 Å². The SMILES string of the molecule is CCC(=Cc1cc(C=CC(=O)O)n(C)c1)C(=O)c1ccccc1. The molecule has 0 aliphatic heterocycles. The summed E-state index contributed by atoms with van der Waals surface area (Å²) in [5.74, 6) is -0.976. The monoisotopic (exact) mass is 309 g/mol. The lowest BCUT2D eigenvalue weighted by Gasteiger charge is -2.03. The minimum atomic E-state index is -0.989. The number of nitrogens with zero attached hydrogens (tertiary/aromatic N) is 1. The molecule has 1 heterocycles. The van der Waals surface area contributed by atoms with Crippen LogP contribution in [-0.2, 0) is 11.8 Å². The minimum absolute atomic E-state index is 0.0135. The third-order valence-electron chi connectivity index (χ3n) is 3.51. The molecule has 0 atom stereocenters. The van der Waals surface area contributed by atoms with E-state index in [0.29, 0.717) is 12.0 Å². The number of ketones is 1. The average molecular weight is 309 g/mol. The first kappa shape index (κ1) is 16.5. The highest BCUT2D eigenvalue weighted by molar-refractivity contribution is 6.11. The molecule has 0 unspecified atom stereocenters. The van der Waals surface area contributed by atoms with E-state index in [2.05, 4.69) is 0 Å². The topological polar surface area (TPSA) is 59.3 Å². The van der Waals surface area contributed by atoms with E-state index >= 15 is 0 Å². The van der Waals surface area contributed by atoms with Gasteiger partial charge >= 0.3 is 5.97 Å². The van der Waals surface area contributed by atoms with Crippen LogP contribution in [0.15, 0.2) is 54.2 Å². The quantitative estimate of drug-likeness (QED) is 0.652. The van der Waals surface area contributed by atoms with Gasteiger partial charge in [-0.3, -0.25) is 4.79 Å². The Morgan fingerprint density at radius 3 is 2.52 bits per heavy atom. The van der Waals surface area contributed by atoms with Gasteiger partial charge in [0.15, 0.2) is 5.78 Å². The Morgan fingerprint density at radius 1 is 1.22 bits per heavy atom. The summed E-state index contributed by atoms with van der Waals surface area (Å²) < 4.78 is 1.82. The zero-order valence-corrected chi connectivity index (χ0v) is 13.2. The van der Waals surface area contributed by atoms with E-state index in [-0.39, 0.29) is 5.78 Å². The summed E-state index contributed by atoms with van der Waals surface area (Å²) in [7, 11) is 1.84. The fourth-order valence-electron chi connectivity index (χ4n) is 2.31. The number of hydrogen-bond donors (Lipinski definition) is 1. The highest BCUT2D eigenvalue weighted by atomic mass is 16.4. The van der Waals surface area contributed by atoms with Crippen LogP contribution < -0.4 is 0 Å². The molecule has 2 rings (SSSR count). The molecule has 118 valence electrons. The van der Waals surface area contributed by atoms with Crippen LogP contribution in [0.4, 0.5) is 0 Å². The number of allylic oxidation sites excluding steroid dienone is 1. The summed E-state index contributed by atoms with van der Waals surface area (Å²) in [6, 6.07) is 11.0. The molecule has 0 bridgehead atoms. The fraction of sp³-hybridized carbons (Fsp3) is 0.158. The molecular weight excluding hydrogens is 290 g/mol. The van der Waals surface area contributed by atoms with E-state index in [1.165, 1.54) is 6.08 Å². The van der Waals surface area contributed by atoms with Gasteiger partial charge in [-0.2, -0.15) is 0 Å². The summed E-state index contributed by atoms with van der Waals surface area (Å²) >= 11 is 0. The summed E-state index contributed by atoms with van der Waals surface area (Å²) in [6.07, 6.45) is 6.98. The van der Waals surface area contributed by atoms with E-state index in [1.807, 2.05) is 55.1 Å². The van der Waals surface area contributed by atoms with Crippen molar-refractivity contribution in [3.63, 3.8) is 0 Å². The Balaban J connectivity index is 2.30. The number of carboxylic acid groups (broad SMARTS) is 1. The van der Waals surface area contributed by atoms with Crippen LogP contribution in [0.5, 0.6) is 0 Å². The van der Waals surface area contributed by atoms with Crippen LogP contribution in [0.1, 0.15) is 35.0 Å². The third-order valence-corrected chi connectivity index (χ3v) is 3.51. The number of rotatable bonds is 6. The molecule has 4 nitrogen and oxygen atoms in total. The van der Waals surface area contributed by atoms with Crippen molar-refractivity contribution in [2.75, 3.05) is 0 Å². The van der Waals surface area contributed by atoms with Gasteiger partial charge in [-0.15, -0.1) is 0 Å². The molecule has 2 aromatic rings. The predicted molar refractivity (Wildman–Crippen MR) is 91.1 cm³/mol. The molecule has 0 saturated carbocycles. The van der Waals surface area contributed by atoms with Crippen molar-refractivity contribution < 1.29 is 14.7 Å². The van der Waals surface area contributed by atoms with Crippen molar-refractivity contribution in [3.05, 3.63) is 71.1 Å². The molecule has 0 aliphatic carbocycles. The maximum atomic E-state index is 12.5. The second-order valence-electron chi connectivity index (χ2n) is 5.20. The summed E-state index contributed by atoms with van der Waals surface area (Å²) in [5.41, 5.74) is 3.03. The molecule has 1 N–H and O–H groups in total. The van der Waals surface area contributed by atoms with Gasteiger partial charge in [0.25, 0.3) is 0 Å². The van der Waals surface area contributed by atoms with Crippen molar-refractivity contribution in [2.24, 2.45) is 7.05 Å². The van der Waals surface area contributed by atoms with E-state index < -0.39 is 5.97 Å². The van der Waals surface area contributed by atoms with E-state index in [0.717, 1.165) is 22.9 Å². The number of hydrogen-bond acceptors (Lipinski definition) is 2. The number of carbonyl (C=O) groups is 2. The smallest absolute Gasteiger partial charge is 0.328 e. The Morgan fingerprint density at radius 2 is 1.91 bits per heavy atom. The van der Waals surface area contributed by atoms with E-state index in [1.54, 1.807) is 12.1 Å². The molecule has 1 aromatic heterocycles. The molecular formula is C19H19NO3. The van der Waals surface area contributed by atoms with Gasteiger partial charge in [0, 0.05) is 36.2 Å². The third kappa shape index (κ3) is 4.30. The van der Waals surface area contributed by atoms with Crippen molar-refractivity contribution in [1.82, 2.24) is 4.57 Å². The largest absolute Gasteiger partial charge is 0.478 e. The van der Waals surface area contributed by atoms with Crippen LogP contribution in [-0.4, -0.2) is 21.4 Å². The Kier molecular flexibility index (Phi) is 5.31. The van der Waals surface area contributed by atoms with Crippen molar-refractivity contribution in [1.29, 1.82) is 0 Å². The van der Waals surface area contributed by atoms with Crippen LogP contribution in [0, 0.1) is 0 Å². The Labute approximate surface area is 135 Å². The predicted octanol–water partition coefficient (Wildman–Crippen LogP) is 3.80. The second-order valence-corrected chi connectivity index (χ2v) is 5.20. The van der Waals surface area contributed by atoms with Crippen LogP contribution in [0.2, 0.25) is 0 Å². The first-order valence-corrected chi connectivity index (χ1v) is 7.39. The zero-order valence-electron chi connectivity index (χ0n) is 13.2. The normalized spacial score (nSPS) is 11.8. The summed E-state index contributed by atoms with van der Waals surface area (Å²) in [4.78, 5) is 23.1. The standard InChI is InChI=1S/C19H19NO3/c1-3-15(19(23)16-7-5-4-6-8-16)11-14-12-17(20(2)13-14)9-10-18(21)22/h4-13H,3H2,1-2H3,(H,21,22).